The molecule has 0 aromatic heterocycles. The zero-order chi connectivity index (χ0) is 27.3. The Bertz CT molecular complexity index is 1670. The van der Waals surface area contributed by atoms with Gasteiger partial charge < -0.3 is 5.32 Å². The highest BCUT2D eigenvalue weighted by Gasteiger charge is 2.02. The molecule has 0 spiro atoms. The minimum absolute atomic E-state index is 0.0745. The molecule has 1 heteroatoms. The average molecular weight is 381 g/mol. The van der Waals surface area contributed by atoms with E-state index in [4.69, 9.17) is 12.3 Å². The number of anilines is 2. The van der Waals surface area contributed by atoms with Gasteiger partial charge in [-0.25, -0.2) is 0 Å². The van der Waals surface area contributed by atoms with Crippen molar-refractivity contribution in [3.05, 3.63) is 121 Å². The van der Waals surface area contributed by atoms with E-state index in [1.165, 1.54) is 0 Å². The van der Waals surface area contributed by atoms with Crippen LogP contribution in [0.4, 0.5) is 11.4 Å². The summed E-state index contributed by atoms with van der Waals surface area (Å²) in [6.45, 7) is 0. The molecule has 0 atom stereocenters. The third-order valence-corrected chi connectivity index (χ3v) is 4.61. The normalized spacial score (nSPS) is 15.1. The molecule has 0 bridgehead atoms. The molecule has 0 heterocycles. The Morgan fingerprint density at radius 1 is 0.483 bits per heavy atom. The van der Waals surface area contributed by atoms with Crippen LogP contribution in [0.5, 0.6) is 0 Å². The zero-order valence-electron chi connectivity index (χ0n) is 24.4. The van der Waals surface area contributed by atoms with E-state index in [1.54, 1.807) is 12.1 Å². The molecule has 0 fully saturated rings. The first-order valence-corrected chi connectivity index (χ1v) is 9.14. The van der Waals surface area contributed by atoms with Crippen LogP contribution in [0.3, 0.4) is 0 Å². The van der Waals surface area contributed by atoms with E-state index in [-0.39, 0.29) is 16.8 Å². The summed E-state index contributed by atoms with van der Waals surface area (Å²) in [6, 6.07) is 16.8. The van der Waals surface area contributed by atoms with E-state index in [2.05, 4.69) is 17.4 Å². The van der Waals surface area contributed by atoms with E-state index in [0.717, 1.165) is 21.9 Å². The maximum atomic E-state index is 8.51. The number of hydrogen-bond donors (Lipinski definition) is 1. The van der Waals surface area contributed by atoms with Crippen molar-refractivity contribution in [3.8, 4) is 22.3 Å². The molecule has 5 rings (SSSR count). The number of benzene rings is 5. The number of nitrogens with one attached hydrogen (secondary N) is 1. The van der Waals surface area contributed by atoms with Crippen LogP contribution in [0, 0.1) is 0 Å². The summed E-state index contributed by atoms with van der Waals surface area (Å²) in [5, 5.41) is 5.22. The average Bonchev–Trinajstić information content (AvgIpc) is 2.94. The van der Waals surface area contributed by atoms with E-state index >= 15 is 0 Å². The lowest BCUT2D eigenvalue weighted by atomic mass is 10.0. The van der Waals surface area contributed by atoms with Gasteiger partial charge in [-0.05, 0) is 63.3 Å². The Labute approximate surface area is 183 Å². The standard InChI is InChI=1S/C28H21N/c1-2-6-21(7-3-1)23-12-16-27(17-13-23)29-28-18-14-24(15-19-28)26-11-10-22-8-4-5-9-25(22)20-26/h1-20,29H/i1D,2D,3D,6D,7D,12D,13D,16D,17D. The number of fused-ring (bicyclic) bond motifs is 1. The minimum atomic E-state index is -0.605. The van der Waals surface area contributed by atoms with Crippen molar-refractivity contribution in [1.82, 2.24) is 0 Å². The topological polar surface area (TPSA) is 12.0 Å². The smallest absolute Gasteiger partial charge is 0.0645 e. The predicted octanol–water partition coefficient (Wildman–Crippen LogP) is 7.92. The van der Waals surface area contributed by atoms with Gasteiger partial charge in [-0.1, -0.05) is 90.8 Å². The van der Waals surface area contributed by atoms with E-state index in [9.17, 15) is 0 Å². The molecule has 138 valence electrons. The summed E-state index contributed by atoms with van der Waals surface area (Å²) in [5.41, 5.74) is 1.77. The molecule has 0 saturated heterocycles. The van der Waals surface area contributed by atoms with Crippen LogP contribution in [-0.2, 0) is 0 Å². The van der Waals surface area contributed by atoms with E-state index in [0.29, 0.717) is 5.69 Å². The largest absolute Gasteiger partial charge is 0.356 e. The molecule has 29 heavy (non-hydrogen) atoms. The highest BCUT2D eigenvalue weighted by atomic mass is 14.9. The van der Waals surface area contributed by atoms with Gasteiger partial charge in [-0.15, -0.1) is 0 Å². The van der Waals surface area contributed by atoms with Crippen LogP contribution >= 0.6 is 0 Å². The van der Waals surface area contributed by atoms with Crippen molar-refractivity contribution in [2.45, 2.75) is 0 Å². The lowest BCUT2D eigenvalue weighted by molar-refractivity contribution is 1.54. The van der Waals surface area contributed by atoms with Gasteiger partial charge in [-0.3, -0.25) is 0 Å². The van der Waals surface area contributed by atoms with Crippen LogP contribution in [0.25, 0.3) is 33.0 Å². The van der Waals surface area contributed by atoms with Crippen LogP contribution in [0.15, 0.2) is 121 Å². The summed E-state index contributed by atoms with van der Waals surface area (Å²) >= 11 is 0. The van der Waals surface area contributed by atoms with Crippen LogP contribution in [0.2, 0.25) is 0 Å². The van der Waals surface area contributed by atoms with E-state index < -0.39 is 54.4 Å². The zero-order valence-corrected chi connectivity index (χ0v) is 15.4. The lowest BCUT2D eigenvalue weighted by Crippen LogP contribution is -1.90. The molecular formula is C28H21N. The van der Waals surface area contributed by atoms with Gasteiger partial charge in [0.05, 0.1) is 12.3 Å². The van der Waals surface area contributed by atoms with E-state index in [1.807, 2.05) is 42.5 Å². The monoisotopic (exact) mass is 380 g/mol. The fraction of sp³-hybridized carbons (Fsp3) is 0. The molecule has 0 aliphatic heterocycles. The van der Waals surface area contributed by atoms with Crippen molar-refractivity contribution in [3.63, 3.8) is 0 Å². The first kappa shape index (κ1) is 10.1. The summed E-state index contributed by atoms with van der Waals surface area (Å²) in [4.78, 5) is 0. The number of rotatable bonds is 4. The van der Waals surface area contributed by atoms with Gasteiger partial charge in [0.2, 0.25) is 0 Å². The highest BCUT2D eigenvalue weighted by molar-refractivity contribution is 5.87. The van der Waals surface area contributed by atoms with Gasteiger partial charge in [0.1, 0.15) is 0 Å². The maximum absolute atomic E-state index is 8.51. The van der Waals surface area contributed by atoms with Crippen molar-refractivity contribution in [2.24, 2.45) is 0 Å². The van der Waals surface area contributed by atoms with Gasteiger partial charge >= 0.3 is 0 Å². The Kier molecular flexibility index (Phi) is 2.66. The minimum Gasteiger partial charge on any atom is -0.356 e. The molecule has 1 nitrogen and oxygen atoms in total. The predicted molar refractivity (Wildman–Crippen MR) is 125 cm³/mol. The third-order valence-electron chi connectivity index (χ3n) is 4.61. The second-order valence-corrected chi connectivity index (χ2v) is 6.51. The second kappa shape index (κ2) is 7.65. The molecule has 1 N–H and O–H groups in total. The van der Waals surface area contributed by atoms with Gasteiger partial charge in [0, 0.05) is 11.4 Å². The molecule has 0 amide bonds. The Balaban J connectivity index is 1.53. The summed E-state index contributed by atoms with van der Waals surface area (Å²) < 4.78 is 74.0. The highest BCUT2D eigenvalue weighted by Crippen LogP contribution is 2.27. The first-order valence-electron chi connectivity index (χ1n) is 13.6. The SMILES string of the molecule is [2H]c1c([2H])c([2H])c(-c2c([2H])c([2H])c(Nc3ccc(-c4ccc5ccccc5c4)cc3)c([2H])c2[2H])c([2H])c1[2H]. The van der Waals surface area contributed by atoms with Crippen LogP contribution in [0.1, 0.15) is 12.3 Å². The summed E-state index contributed by atoms with van der Waals surface area (Å²) in [7, 11) is 0. The molecule has 5 aromatic carbocycles. The molecule has 0 saturated carbocycles. The van der Waals surface area contributed by atoms with Crippen molar-refractivity contribution in [2.75, 3.05) is 5.32 Å². The molecule has 0 aliphatic rings. The molecule has 0 unspecified atom stereocenters. The molecule has 0 aliphatic carbocycles. The fourth-order valence-corrected chi connectivity index (χ4v) is 3.13. The molecular weight excluding hydrogens is 350 g/mol. The quantitative estimate of drug-likeness (QED) is 0.334. The first-order chi connectivity index (χ1) is 18.1. The van der Waals surface area contributed by atoms with Gasteiger partial charge in [0.25, 0.3) is 0 Å². The summed E-state index contributed by atoms with van der Waals surface area (Å²) in [5.74, 6) is 0. The molecule has 0 radical (unpaired) electrons. The fourth-order valence-electron chi connectivity index (χ4n) is 3.13. The van der Waals surface area contributed by atoms with Gasteiger partial charge in [-0.2, -0.15) is 0 Å². The third kappa shape index (κ3) is 3.76. The van der Waals surface area contributed by atoms with Crippen LogP contribution in [-0.4, -0.2) is 0 Å². The van der Waals surface area contributed by atoms with Crippen molar-refractivity contribution >= 4 is 22.1 Å². The van der Waals surface area contributed by atoms with Crippen LogP contribution < -0.4 is 5.32 Å². The summed E-state index contributed by atoms with van der Waals surface area (Å²) in [6.07, 6.45) is 0. The maximum Gasteiger partial charge on any atom is 0.0645 e. The van der Waals surface area contributed by atoms with Crippen molar-refractivity contribution in [1.29, 1.82) is 0 Å². The Morgan fingerprint density at radius 3 is 1.90 bits per heavy atom. The van der Waals surface area contributed by atoms with Gasteiger partial charge in [0.15, 0.2) is 0 Å². The lowest BCUT2D eigenvalue weighted by Gasteiger charge is -2.09. The Hall–Kier alpha value is -3.84. The Morgan fingerprint density at radius 2 is 1.14 bits per heavy atom. The molecule has 5 aromatic rings. The second-order valence-electron chi connectivity index (χ2n) is 6.51. The number of hydrogen-bond acceptors (Lipinski definition) is 1. The van der Waals surface area contributed by atoms with Crippen molar-refractivity contribution < 1.29 is 12.3 Å².